The van der Waals surface area contributed by atoms with Gasteiger partial charge in [-0.15, -0.1) is 0 Å². The lowest BCUT2D eigenvalue weighted by Gasteiger charge is -2.20. The van der Waals surface area contributed by atoms with Crippen LogP contribution in [0.1, 0.15) is 6.92 Å². The van der Waals surface area contributed by atoms with Gasteiger partial charge in [0.15, 0.2) is 11.0 Å². The summed E-state index contributed by atoms with van der Waals surface area (Å²) in [4.78, 5) is 9.46. The molecule has 0 aliphatic heterocycles. The van der Waals surface area contributed by atoms with E-state index in [2.05, 4.69) is 9.97 Å². The highest BCUT2D eigenvalue weighted by atomic mass is 35.5. The molecule has 0 aliphatic rings. The number of nitrogen functional groups attached to an aromatic ring is 1. The number of hydrogen-bond donors (Lipinski definition) is 2. The van der Waals surface area contributed by atoms with Crippen molar-refractivity contribution in [2.24, 2.45) is 0 Å². The SMILES string of the molecule is CC(O)CN(C)c1ncnc(Cl)c1N. The van der Waals surface area contributed by atoms with Gasteiger partial charge >= 0.3 is 0 Å². The molecular formula is C8H13ClN4O. The third kappa shape index (κ3) is 2.46. The molecule has 3 N–H and O–H groups in total. The number of aliphatic hydroxyl groups excluding tert-OH is 1. The molecule has 0 aromatic carbocycles. The van der Waals surface area contributed by atoms with Crippen LogP contribution >= 0.6 is 11.6 Å². The first-order chi connectivity index (χ1) is 6.52. The number of likely N-dealkylation sites (N-methyl/N-ethyl adjacent to an activating group) is 1. The molecule has 6 heteroatoms. The Morgan fingerprint density at radius 1 is 1.64 bits per heavy atom. The van der Waals surface area contributed by atoms with Gasteiger partial charge in [-0.1, -0.05) is 11.6 Å². The second-order valence-corrected chi connectivity index (χ2v) is 3.49. The summed E-state index contributed by atoms with van der Waals surface area (Å²) in [7, 11) is 1.78. The maximum absolute atomic E-state index is 9.19. The second-order valence-electron chi connectivity index (χ2n) is 3.13. The number of nitrogens with two attached hydrogens (primary N) is 1. The molecule has 0 fully saturated rings. The summed E-state index contributed by atoms with van der Waals surface area (Å²) in [6, 6.07) is 0. The molecule has 1 aromatic heterocycles. The van der Waals surface area contributed by atoms with Gasteiger partial charge < -0.3 is 15.7 Å². The highest BCUT2D eigenvalue weighted by molar-refractivity contribution is 6.32. The molecule has 0 amide bonds. The van der Waals surface area contributed by atoms with Crippen molar-refractivity contribution in [2.75, 3.05) is 24.2 Å². The van der Waals surface area contributed by atoms with Crippen LogP contribution in [0.2, 0.25) is 5.15 Å². The molecule has 0 radical (unpaired) electrons. The molecular weight excluding hydrogens is 204 g/mol. The Balaban J connectivity index is 2.89. The van der Waals surface area contributed by atoms with E-state index >= 15 is 0 Å². The zero-order valence-corrected chi connectivity index (χ0v) is 8.86. The molecule has 14 heavy (non-hydrogen) atoms. The van der Waals surface area contributed by atoms with Gasteiger partial charge in [-0.05, 0) is 6.92 Å². The first kappa shape index (κ1) is 11.0. The van der Waals surface area contributed by atoms with Crippen molar-refractivity contribution in [3.05, 3.63) is 11.5 Å². The first-order valence-corrected chi connectivity index (χ1v) is 4.55. The summed E-state index contributed by atoms with van der Waals surface area (Å²) < 4.78 is 0. The third-order valence-corrected chi connectivity index (χ3v) is 2.02. The molecule has 1 rings (SSSR count). The van der Waals surface area contributed by atoms with Crippen molar-refractivity contribution >= 4 is 23.1 Å². The number of nitrogens with zero attached hydrogens (tertiary/aromatic N) is 3. The zero-order valence-electron chi connectivity index (χ0n) is 8.11. The Kier molecular flexibility index (Phi) is 3.49. The van der Waals surface area contributed by atoms with Crippen LogP contribution in [0, 0.1) is 0 Å². The van der Waals surface area contributed by atoms with E-state index < -0.39 is 6.10 Å². The topological polar surface area (TPSA) is 75.3 Å². The quantitative estimate of drug-likeness (QED) is 0.721. The van der Waals surface area contributed by atoms with Gasteiger partial charge in [0.25, 0.3) is 0 Å². The van der Waals surface area contributed by atoms with Gasteiger partial charge in [-0.25, -0.2) is 9.97 Å². The highest BCUT2D eigenvalue weighted by Gasteiger charge is 2.11. The van der Waals surface area contributed by atoms with Gasteiger partial charge in [-0.2, -0.15) is 0 Å². The van der Waals surface area contributed by atoms with Crippen molar-refractivity contribution in [1.29, 1.82) is 0 Å². The van der Waals surface area contributed by atoms with Crippen molar-refractivity contribution in [1.82, 2.24) is 9.97 Å². The van der Waals surface area contributed by atoms with Gasteiger partial charge in [0.1, 0.15) is 12.0 Å². The van der Waals surface area contributed by atoms with Crippen LogP contribution in [0.3, 0.4) is 0 Å². The van der Waals surface area contributed by atoms with E-state index in [1.165, 1.54) is 6.33 Å². The first-order valence-electron chi connectivity index (χ1n) is 4.17. The van der Waals surface area contributed by atoms with Crippen LogP contribution in [-0.2, 0) is 0 Å². The summed E-state index contributed by atoms with van der Waals surface area (Å²) >= 11 is 5.73. The lowest BCUT2D eigenvalue weighted by molar-refractivity contribution is 0.201. The smallest absolute Gasteiger partial charge is 0.157 e. The lowest BCUT2D eigenvalue weighted by atomic mass is 10.3. The lowest BCUT2D eigenvalue weighted by Crippen LogP contribution is -2.28. The number of halogens is 1. The fourth-order valence-electron chi connectivity index (χ4n) is 1.15. The summed E-state index contributed by atoms with van der Waals surface area (Å²) in [5.74, 6) is 0.533. The monoisotopic (exact) mass is 216 g/mol. The molecule has 0 bridgehead atoms. The van der Waals surface area contributed by atoms with Crippen LogP contribution in [0.5, 0.6) is 0 Å². The largest absolute Gasteiger partial charge is 0.393 e. The fraction of sp³-hybridized carbons (Fsp3) is 0.500. The molecule has 0 aliphatic carbocycles. The van der Waals surface area contributed by atoms with Crippen LogP contribution in [0.15, 0.2) is 6.33 Å². The van der Waals surface area contributed by atoms with Gasteiger partial charge in [0, 0.05) is 13.6 Å². The van der Waals surface area contributed by atoms with Crippen molar-refractivity contribution in [3.8, 4) is 0 Å². The second kappa shape index (κ2) is 4.43. The minimum atomic E-state index is -0.451. The molecule has 0 saturated carbocycles. The molecule has 5 nitrogen and oxygen atoms in total. The number of hydrogen-bond acceptors (Lipinski definition) is 5. The Bertz CT molecular complexity index is 318. The van der Waals surface area contributed by atoms with Gasteiger partial charge in [-0.3, -0.25) is 0 Å². The third-order valence-electron chi connectivity index (χ3n) is 1.71. The normalized spacial score (nSPS) is 12.6. The van der Waals surface area contributed by atoms with E-state index in [1.807, 2.05) is 0 Å². The number of aliphatic hydroxyl groups is 1. The standard InChI is InChI=1S/C8H13ClN4O/c1-5(14)3-13(2)8-6(10)7(9)11-4-12-8/h4-5,14H,3,10H2,1-2H3. The van der Waals surface area contributed by atoms with Crippen LogP contribution in [-0.4, -0.2) is 34.8 Å². The molecule has 1 heterocycles. The Hall–Kier alpha value is -1.07. The van der Waals surface area contributed by atoms with E-state index in [0.29, 0.717) is 18.1 Å². The molecule has 1 aromatic rings. The van der Waals surface area contributed by atoms with Crippen molar-refractivity contribution < 1.29 is 5.11 Å². The zero-order chi connectivity index (χ0) is 10.7. The van der Waals surface area contributed by atoms with Crippen LogP contribution in [0.4, 0.5) is 11.5 Å². The van der Waals surface area contributed by atoms with Crippen molar-refractivity contribution in [2.45, 2.75) is 13.0 Å². The average Bonchev–Trinajstić information content (AvgIpc) is 2.08. The summed E-state index contributed by atoms with van der Waals surface area (Å²) in [5.41, 5.74) is 6.01. The van der Waals surface area contributed by atoms with Gasteiger partial charge in [0.2, 0.25) is 0 Å². The average molecular weight is 217 g/mol. The molecule has 1 unspecified atom stereocenters. The molecule has 78 valence electrons. The Labute approximate surface area is 87.5 Å². The van der Waals surface area contributed by atoms with E-state index in [1.54, 1.807) is 18.9 Å². The molecule has 1 atom stereocenters. The summed E-state index contributed by atoms with van der Waals surface area (Å²) in [5, 5.41) is 9.41. The molecule has 0 spiro atoms. The highest BCUT2D eigenvalue weighted by Crippen LogP contribution is 2.24. The van der Waals surface area contributed by atoms with Crippen LogP contribution in [0.25, 0.3) is 0 Å². The predicted octanol–water partition coefficient (Wildman–Crippen LogP) is 0.529. The van der Waals surface area contributed by atoms with E-state index in [4.69, 9.17) is 17.3 Å². The maximum Gasteiger partial charge on any atom is 0.157 e. The predicted molar refractivity (Wildman–Crippen MR) is 56.4 cm³/mol. The van der Waals surface area contributed by atoms with E-state index in [0.717, 1.165) is 0 Å². The Morgan fingerprint density at radius 2 is 2.29 bits per heavy atom. The molecule has 0 saturated heterocycles. The number of rotatable bonds is 3. The fourth-order valence-corrected chi connectivity index (χ4v) is 1.28. The minimum absolute atomic E-state index is 0.229. The van der Waals surface area contributed by atoms with E-state index in [9.17, 15) is 5.11 Å². The Morgan fingerprint density at radius 3 is 2.86 bits per heavy atom. The maximum atomic E-state index is 9.19. The van der Waals surface area contributed by atoms with Gasteiger partial charge in [0.05, 0.1) is 6.10 Å². The summed E-state index contributed by atoms with van der Waals surface area (Å²) in [6.45, 7) is 2.13. The minimum Gasteiger partial charge on any atom is -0.393 e. The van der Waals surface area contributed by atoms with Crippen molar-refractivity contribution in [3.63, 3.8) is 0 Å². The van der Waals surface area contributed by atoms with Crippen LogP contribution < -0.4 is 10.6 Å². The summed E-state index contributed by atoms with van der Waals surface area (Å²) in [6.07, 6.45) is 0.889. The van der Waals surface area contributed by atoms with E-state index in [-0.39, 0.29) is 5.15 Å². The number of aromatic nitrogens is 2. The number of anilines is 2.